The van der Waals surface area contributed by atoms with Crippen molar-refractivity contribution in [3.05, 3.63) is 34.6 Å². The van der Waals surface area contributed by atoms with E-state index in [4.69, 9.17) is 11.6 Å². The zero-order valence-electron chi connectivity index (χ0n) is 11.3. The van der Waals surface area contributed by atoms with Crippen LogP contribution >= 0.6 is 11.6 Å². The van der Waals surface area contributed by atoms with Crippen molar-refractivity contribution in [3.8, 4) is 0 Å². The minimum absolute atomic E-state index is 0.186. The fraction of sp³-hybridized carbons (Fsp3) is 0.571. The van der Waals surface area contributed by atoms with Gasteiger partial charge in [-0.05, 0) is 38.1 Å². The van der Waals surface area contributed by atoms with E-state index in [0.29, 0.717) is 12.6 Å². The van der Waals surface area contributed by atoms with Crippen molar-refractivity contribution in [2.24, 2.45) is 0 Å². The molecule has 0 spiro atoms. The van der Waals surface area contributed by atoms with Gasteiger partial charge in [0.1, 0.15) is 5.82 Å². The number of nitrogens with zero attached hydrogens (tertiary/aromatic N) is 1. The van der Waals surface area contributed by atoms with Crippen molar-refractivity contribution >= 4 is 11.6 Å². The van der Waals surface area contributed by atoms with Crippen molar-refractivity contribution in [1.29, 1.82) is 0 Å². The quantitative estimate of drug-likeness (QED) is 0.766. The van der Waals surface area contributed by atoms with Gasteiger partial charge in [-0.25, -0.2) is 4.39 Å². The van der Waals surface area contributed by atoms with Gasteiger partial charge in [0.2, 0.25) is 0 Å². The standard InChI is InChI=1S/C14H22ClFN2/c1-4-11(2)18(3)8-7-17-10-12-5-6-14(16)13(15)9-12/h5-6,9,11,17H,4,7-8,10H2,1-3H3. The SMILES string of the molecule is CCC(C)N(C)CCNCc1ccc(F)c(Cl)c1. The third-order valence-electron chi connectivity index (χ3n) is 3.30. The van der Waals surface area contributed by atoms with Crippen LogP contribution in [-0.4, -0.2) is 31.1 Å². The van der Waals surface area contributed by atoms with E-state index in [1.165, 1.54) is 6.07 Å². The van der Waals surface area contributed by atoms with Gasteiger partial charge in [0, 0.05) is 25.7 Å². The van der Waals surface area contributed by atoms with Gasteiger partial charge in [0.05, 0.1) is 5.02 Å². The first kappa shape index (κ1) is 15.4. The Bertz CT molecular complexity index is 371. The van der Waals surface area contributed by atoms with Crippen LogP contribution in [0.4, 0.5) is 4.39 Å². The highest BCUT2D eigenvalue weighted by Crippen LogP contribution is 2.15. The molecule has 2 nitrogen and oxygen atoms in total. The number of benzene rings is 1. The summed E-state index contributed by atoms with van der Waals surface area (Å²) in [7, 11) is 2.13. The fourth-order valence-electron chi connectivity index (χ4n) is 1.67. The summed E-state index contributed by atoms with van der Waals surface area (Å²) in [6.07, 6.45) is 1.16. The van der Waals surface area contributed by atoms with Crippen molar-refractivity contribution < 1.29 is 4.39 Å². The van der Waals surface area contributed by atoms with E-state index < -0.39 is 0 Å². The smallest absolute Gasteiger partial charge is 0.141 e. The Morgan fingerprint density at radius 1 is 1.44 bits per heavy atom. The largest absolute Gasteiger partial charge is 0.311 e. The lowest BCUT2D eigenvalue weighted by Gasteiger charge is -2.23. The Morgan fingerprint density at radius 2 is 2.17 bits per heavy atom. The van der Waals surface area contributed by atoms with E-state index in [1.54, 1.807) is 12.1 Å². The number of rotatable bonds is 7. The van der Waals surface area contributed by atoms with Crippen molar-refractivity contribution in [2.45, 2.75) is 32.9 Å². The first-order valence-corrected chi connectivity index (χ1v) is 6.77. The maximum Gasteiger partial charge on any atom is 0.141 e. The van der Waals surface area contributed by atoms with E-state index >= 15 is 0 Å². The van der Waals surface area contributed by atoms with Crippen LogP contribution in [0.3, 0.4) is 0 Å². The third kappa shape index (κ3) is 4.92. The summed E-state index contributed by atoms with van der Waals surface area (Å²) in [5.74, 6) is -0.364. The molecule has 0 bridgehead atoms. The third-order valence-corrected chi connectivity index (χ3v) is 3.59. The molecule has 0 amide bonds. The van der Waals surface area contributed by atoms with E-state index in [1.807, 2.05) is 0 Å². The van der Waals surface area contributed by atoms with E-state index in [2.05, 4.69) is 31.1 Å². The van der Waals surface area contributed by atoms with Crippen LogP contribution in [0.2, 0.25) is 5.02 Å². The number of hydrogen-bond acceptors (Lipinski definition) is 2. The maximum atomic E-state index is 13.0. The molecule has 1 atom stereocenters. The van der Waals surface area contributed by atoms with Gasteiger partial charge in [-0.2, -0.15) is 0 Å². The van der Waals surface area contributed by atoms with Gasteiger partial charge < -0.3 is 10.2 Å². The monoisotopic (exact) mass is 272 g/mol. The zero-order valence-corrected chi connectivity index (χ0v) is 12.1. The summed E-state index contributed by atoms with van der Waals surface area (Å²) in [6.45, 7) is 7.04. The van der Waals surface area contributed by atoms with Gasteiger partial charge in [0.25, 0.3) is 0 Å². The molecule has 0 fully saturated rings. The fourth-order valence-corrected chi connectivity index (χ4v) is 1.87. The van der Waals surface area contributed by atoms with Crippen LogP contribution in [0, 0.1) is 5.82 Å². The minimum Gasteiger partial charge on any atom is -0.311 e. The van der Waals surface area contributed by atoms with Gasteiger partial charge in [-0.15, -0.1) is 0 Å². The number of halogens is 2. The summed E-state index contributed by atoms with van der Waals surface area (Å²) < 4.78 is 13.0. The molecule has 0 aliphatic rings. The normalized spacial score (nSPS) is 13.0. The highest BCUT2D eigenvalue weighted by Gasteiger charge is 2.05. The number of hydrogen-bond donors (Lipinski definition) is 1. The Balaban J connectivity index is 2.27. The van der Waals surface area contributed by atoms with Crippen molar-refractivity contribution in [3.63, 3.8) is 0 Å². The number of likely N-dealkylation sites (N-methyl/N-ethyl adjacent to an activating group) is 1. The second-order valence-corrected chi connectivity index (χ2v) is 5.07. The van der Waals surface area contributed by atoms with Crippen molar-refractivity contribution in [2.75, 3.05) is 20.1 Å². The second kappa shape index (κ2) is 7.72. The Labute approximate surface area is 114 Å². The van der Waals surface area contributed by atoms with Gasteiger partial charge in [-0.1, -0.05) is 24.6 Å². The molecule has 0 radical (unpaired) electrons. The molecular formula is C14H22ClFN2. The topological polar surface area (TPSA) is 15.3 Å². The Hall–Kier alpha value is -0.640. The lowest BCUT2D eigenvalue weighted by molar-refractivity contribution is 0.251. The van der Waals surface area contributed by atoms with Crippen LogP contribution in [0.5, 0.6) is 0 Å². The molecular weight excluding hydrogens is 251 g/mol. The Kier molecular flexibility index (Phi) is 6.61. The highest BCUT2D eigenvalue weighted by atomic mass is 35.5. The maximum absolute atomic E-state index is 13.0. The van der Waals surface area contributed by atoms with Gasteiger partial charge in [-0.3, -0.25) is 0 Å². The van der Waals surface area contributed by atoms with Crippen LogP contribution in [0.1, 0.15) is 25.8 Å². The lowest BCUT2D eigenvalue weighted by Crippen LogP contribution is -2.34. The minimum atomic E-state index is -0.364. The molecule has 1 N–H and O–H groups in total. The molecule has 1 aromatic carbocycles. The molecule has 0 saturated heterocycles. The van der Waals surface area contributed by atoms with E-state index in [-0.39, 0.29) is 10.8 Å². The molecule has 0 heterocycles. The van der Waals surface area contributed by atoms with Gasteiger partial charge >= 0.3 is 0 Å². The predicted molar refractivity (Wildman–Crippen MR) is 75.5 cm³/mol. The average molecular weight is 273 g/mol. The average Bonchev–Trinajstić information content (AvgIpc) is 2.37. The summed E-state index contributed by atoms with van der Waals surface area (Å²) in [6, 6.07) is 5.44. The second-order valence-electron chi connectivity index (χ2n) is 4.66. The summed E-state index contributed by atoms with van der Waals surface area (Å²) >= 11 is 5.73. The molecule has 4 heteroatoms. The Morgan fingerprint density at radius 3 is 2.78 bits per heavy atom. The lowest BCUT2D eigenvalue weighted by atomic mass is 10.2. The molecule has 0 saturated carbocycles. The van der Waals surface area contributed by atoms with Crippen LogP contribution in [0.15, 0.2) is 18.2 Å². The van der Waals surface area contributed by atoms with Crippen molar-refractivity contribution in [1.82, 2.24) is 10.2 Å². The van der Waals surface area contributed by atoms with E-state index in [9.17, 15) is 4.39 Å². The summed E-state index contributed by atoms with van der Waals surface area (Å²) in [5, 5.41) is 3.52. The molecule has 0 aliphatic carbocycles. The summed E-state index contributed by atoms with van der Waals surface area (Å²) in [5.41, 5.74) is 1.01. The molecule has 0 aliphatic heterocycles. The van der Waals surface area contributed by atoms with Crippen LogP contribution < -0.4 is 5.32 Å². The molecule has 1 rings (SSSR count). The van der Waals surface area contributed by atoms with Crippen LogP contribution in [0.25, 0.3) is 0 Å². The number of nitrogens with one attached hydrogen (secondary N) is 1. The highest BCUT2D eigenvalue weighted by molar-refractivity contribution is 6.30. The van der Waals surface area contributed by atoms with E-state index in [0.717, 1.165) is 25.1 Å². The van der Waals surface area contributed by atoms with Gasteiger partial charge in [0.15, 0.2) is 0 Å². The van der Waals surface area contributed by atoms with Crippen LogP contribution in [-0.2, 0) is 6.54 Å². The molecule has 18 heavy (non-hydrogen) atoms. The first-order valence-electron chi connectivity index (χ1n) is 6.39. The molecule has 102 valence electrons. The molecule has 1 aromatic rings. The molecule has 1 unspecified atom stereocenters. The molecule has 0 aromatic heterocycles. The first-order chi connectivity index (χ1) is 8.54. The predicted octanol–water partition coefficient (Wildman–Crippen LogP) is 3.30. The summed E-state index contributed by atoms with van der Waals surface area (Å²) in [4.78, 5) is 2.32. The zero-order chi connectivity index (χ0) is 13.5.